The summed E-state index contributed by atoms with van der Waals surface area (Å²) in [6.07, 6.45) is -4.87. The Balaban J connectivity index is 2.22. The molecule has 0 spiro atoms. The molecule has 10 heteroatoms. The number of carbonyl (C=O) groups is 1. The third-order valence-electron chi connectivity index (χ3n) is 3.40. The summed E-state index contributed by atoms with van der Waals surface area (Å²) in [5.41, 5.74) is -1.49. The molecular formula is C15H14F3N3O4. The van der Waals surface area contributed by atoms with Gasteiger partial charge in [-0.25, -0.2) is 4.79 Å². The number of nitrogens with one attached hydrogen (secondary N) is 1. The van der Waals surface area contributed by atoms with Crippen LogP contribution in [0.2, 0.25) is 0 Å². The Morgan fingerprint density at radius 2 is 1.80 bits per heavy atom. The van der Waals surface area contributed by atoms with Gasteiger partial charge in [0.05, 0.1) is 0 Å². The predicted molar refractivity (Wildman–Crippen MR) is 81.2 cm³/mol. The van der Waals surface area contributed by atoms with Crippen LogP contribution in [0.3, 0.4) is 0 Å². The van der Waals surface area contributed by atoms with E-state index in [0.29, 0.717) is 0 Å². The van der Waals surface area contributed by atoms with Crippen LogP contribution in [0.25, 0.3) is 0 Å². The van der Waals surface area contributed by atoms with E-state index in [1.807, 2.05) is 0 Å². The molecule has 25 heavy (non-hydrogen) atoms. The van der Waals surface area contributed by atoms with Crippen LogP contribution >= 0.6 is 0 Å². The molecule has 0 fully saturated rings. The average molecular weight is 357 g/mol. The number of nitrogens with zero attached hydrogens (tertiary/aromatic N) is 2. The Bertz CT molecular complexity index is 915. The molecular weight excluding hydrogens is 343 g/mol. The van der Waals surface area contributed by atoms with E-state index in [4.69, 9.17) is 0 Å². The third kappa shape index (κ3) is 4.28. The molecule has 0 atom stereocenters. The van der Waals surface area contributed by atoms with Crippen LogP contribution in [0.5, 0.6) is 5.75 Å². The maximum Gasteiger partial charge on any atom is 0.573 e. The zero-order valence-corrected chi connectivity index (χ0v) is 13.3. The lowest BCUT2D eigenvalue weighted by Crippen LogP contribution is -2.41. The highest BCUT2D eigenvalue weighted by molar-refractivity contribution is 5.92. The van der Waals surface area contributed by atoms with Crippen LogP contribution in [0, 0.1) is 0 Å². The Labute approximate surface area is 139 Å². The highest BCUT2D eigenvalue weighted by Gasteiger charge is 2.32. The molecule has 134 valence electrons. The number of halogens is 3. The quantitative estimate of drug-likeness (QED) is 0.882. The second-order valence-electron chi connectivity index (χ2n) is 5.11. The molecule has 1 N–H and O–H groups in total. The van der Waals surface area contributed by atoms with Crippen molar-refractivity contribution in [1.29, 1.82) is 0 Å². The van der Waals surface area contributed by atoms with Gasteiger partial charge in [0.25, 0.3) is 11.5 Å². The number of ether oxygens (including phenoxy) is 1. The number of amides is 1. The van der Waals surface area contributed by atoms with E-state index in [-0.39, 0.29) is 17.8 Å². The van der Waals surface area contributed by atoms with E-state index in [9.17, 15) is 27.6 Å². The number of hydrogen-bond donors (Lipinski definition) is 1. The van der Waals surface area contributed by atoms with Crippen molar-refractivity contribution < 1.29 is 22.7 Å². The first-order valence-electron chi connectivity index (χ1n) is 6.99. The van der Waals surface area contributed by atoms with Crippen molar-refractivity contribution in [2.24, 2.45) is 14.1 Å². The SMILES string of the molecule is Cn1c(C(=O)NCc2ccccc2OC(F)(F)F)cc(=O)n(C)c1=O. The number of rotatable bonds is 4. The van der Waals surface area contributed by atoms with Gasteiger partial charge in [-0.2, -0.15) is 0 Å². The molecule has 0 aliphatic carbocycles. The molecule has 1 aromatic heterocycles. The minimum atomic E-state index is -4.87. The number of para-hydroxylation sites is 1. The molecule has 0 aliphatic heterocycles. The first kappa shape index (κ1) is 18.3. The van der Waals surface area contributed by atoms with Gasteiger partial charge >= 0.3 is 12.1 Å². The number of benzene rings is 1. The van der Waals surface area contributed by atoms with Crippen LogP contribution in [0.1, 0.15) is 16.1 Å². The van der Waals surface area contributed by atoms with Gasteiger partial charge in [0.1, 0.15) is 11.4 Å². The highest BCUT2D eigenvalue weighted by atomic mass is 19.4. The van der Waals surface area contributed by atoms with Gasteiger partial charge in [-0.1, -0.05) is 18.2 Å². The topological polar surface area (TPSA) is 82.3 Å². The second-order valence-corrected chi connectivity index (χ2v) is 5.11. The minimum absolute atomic E-state index is 0.0852. The van der Waals surface area contributed by atoms with Crippen molar-refractivity contribution >= 4 is 5.91 Å². The summed E-state index contributed by atoms with van der Waals surface area (Å²) in [7, 11) is 2.56. The molecule has 7 nitrogen and oxygen atoms in total. The molecule has 0 saturated carbocycles. The monoisotopic (exact) mass is 357 g/mol. The average Bonchev–Trinajstić information content (AvgIpc) is 2.53. The summed E-state index contributed by atoms with van der Waals surface area (Å²) >= 11 is 0. The van der Waals surface area contributed by atoms with Crippen LogP contribution in [-0.2, 0) is 20.6 Å². The van der Waals surface area contributed by atoms with Crippen LogP contribution < -0.4 is 21.3 Å². The van der Waals surface area contributed by atoms with Crippen molar-refractivity contribution in [2.45, 2.75) is 12.9 Å². The summed E-state index contributed by atoms with van der Waals surface area (Å²) in [4.78, 5) is 35.6. The van der Waals surface area contributed by atoms with E-state index < -0.39 is 29.3 Å². The Hall–Kier alpha value is -3.04. The molecule has 0 bridgehead atoms. The molecule has 1 amide bonds. The maximum atomic E-state index is 12.4. The summed E-state index contributed by atoms with van der Waals surface area (Å²) in [5, 5.41) is 2.36. The van der Waals surface area contributed by atoms with E-state index in [1.165, 1.54) is 32.3 Å². The highest BCUT2D eigenvalue weighted by Crippen LogP contribution is 2.26. The van der Waals surface area contributed by atoms with Gasteiger partial charge in [0.2, 0.25) is 0 Å². The van der Waals surface area contributed by atoms with Crippen LogP contribution in [0.15, 0.2) is 39.9 Å². The molecule has 1 aromatic carbocycles. The Morgan fingerprint density at radius 1 is 1.16 bits per heavy atom. The molecule has 0 unspecified atom stereocenters. The fourth-order valence-electron chi connectivity index (χ4n) is 2.09. The number of carbonyl (C=O) groups excluding carboxylic acids is 1. The van der Waals surface area contributed by atoms with Crippen molar-refractivity contribution in [3.8, 4) is 5.75 Å². The van der Waals surface area contributed by atoms with Gasteiger partial charge in [-0.05, 0) is 6.07 Å². The molecule has 0 saturated heterocycles. The van der Waals surface area contributed by atoms with Crippen LogP contribution in [0.4, 0.5) is 13.2 Å². The first-order valence-corrected chi connectivity index (χ1v) is 6.99. The van der Waals surface area contributed by atoms with E-state index >= 15 is 0 Å². The van der Waals surface area contributed by atoms with E-state index in [0.717, 1.165) is 21.3 Å². The molecule has 1 heterocycles. The number of aromatic nitrogens is 2. The lowest BCUT2D eigenvalue weighted by Gasteiger charge is -2.14. The Kier molecular flexibility index (Phi) is 5.00. The van der Waals surface area contributed by atoms with E-state index in [2.05, 4.69) is 10.1 Å². The third-order valence-corrected chi connectivity index (χ3v) is 3.40. The zero-order chi connectivity index (χ0) is 18.8. The standard InChI is InChI=1S/C15H14F3N3O4/c1-20-10(7-12(22)21(2)14(20)24)13(23)19-8-9-5-3-4-6-11(9)25-15(16,17)18/h3-7H,8H2,1-2H3,(H,19,23). The number of hydrogen-bond acceptors (Lipinski definition) is 4. The van der Waals surface area contributed by atoms with Crippen molar-refractivity contribution in [2.75, 3.05) is 0 Å². The van der Waals surface area contributed by atoms with Gasteiger partial charge in [0, 0.05) is 32.3 Å². The van der Waals surface area contributed by atoms with Crippen LogP contribution in [-0.4, -0.2) is 21.4 Å². The lowest BCUT2D eigenvalue weighted by molar-refractivity contribution is -0.274. The molecule has 2 aromatic rings. The zero-order valence-electron chi connectivity index (χ0n) is 13.3. The molecule has 0 radical (unpaired) electrons. The van der Waals surface area contributed by atoms with Gasteiger partial charge in [0.15, 0.2) is 0 Å². The first-order chi connectivity index (χ1) is 11.6. The molecule has 0 aliphatic rings. The fourth-order valence-corrected chi connectivity index (χ4v) is 2.09. The van der Waals surface area contributed by atoms with E-state index in [1.54, 1.807) is 0 Å². The summed E-state index contributed by atoms with van der Waals surface area (Å²) in [5.74, 6) is -1.23. The molecule has 2 rings (SSSR count). The van der Waals surface area contributed by atoms with Gasteiger partial charge in [-0.3, -0.25) is 18.7 Å². The summed E-state index contributed by atoms with van der Waals surface area (Å²) < 4.78 is 42.8. The lowest BCUT2D eigenvalue weighted by atomic mass is 10.2. The largest absolute Gasteiger partial charge is 0.573 e. The summed E-state index contributed by atoms with van der Waals surface area (Å²) in [6, 6.07) is 6.28. The van der Waals surface area contributed by atoms with Crippen molar-refractivity contribution in [3.05, 3.63) is 62.4 Å². The normalized spacial score (nSPS) is 11.2. The second kappa shape index (κ2) is 6.83. The van der Waals surface area contributed by atoms with Gasteiger partial charge in [-0.15, -0.1) is 13.2 Å². The predicted octanol–water partition coefficient (Wildman–Crippen LogP) is 0.913. The van der Waals surface area contributed by atoms with Gasteiger partial charge < -0.3 is 10.1 Å². The summed E-state index contributed by atoms with van der Waals surface area (Å²) in [6.45, 7) is -0.283. The van der Waals surface area contributed by atoms with Crippen molar-refractivity contribution in [3.63, 3.8) is 0 Å². The Morgan fingerprint density at radius 3 is 2.44 bits per heavy atom. The smallest absolute Gasteiger partial charge is 0.405 e. The fraction of sp³-hybridized carbons (Fsp3) is 0.267. The maximum absolute atomic E-state index is 12.4. The number of alkyl halides is 3. The van der Waals surface area contributed by atoms with Crippen molar-refractivity contribution in [1.82, 2.24) is 14.5 Å². The minimum Gasteiger partial charge on any atom is -0.405 e.